The van der Waals surface area contributed by atoms with E-state index in [2.05, 4.69) is 17.6 Å². The zero-order valence-corrected chi connectivity index (χ0v) is 14.7. The highest BCUT2D eigenvalue weighted by atomic mass is 32.2. The van der Waals surface area contributed by atoms with Gasteiger partial charge in [0.1, 0.15) is 0 Å². The summed E-state index contributed by atoms with van der Waals surface area (Å²) in [5, 5.41) is 5.79. The van der Waals surface area contributed by atoms with Gasteiger partial charge in [0.05, 0.1) is 11.5 Å². The van der Waals surface area contributed by atoms with Crippen LogP contribution in [-0.4, -0.2) is 44.3 Å². The minimum absolute atomic E-state index is 0.0266. The van der Waals surface area contributed by atoms with E-state index in [-0.39, 0.29) is 41.2 Å². The third-order valence-corrected chi connectivity index (χ3v) is 6.62. The fraction of sp³-hybridized carbons (Fsp3) is 0.875. The molecule has 2 N–H and O–H groups in total. The molecule has 132 valence electrons. The lowest BCUT2D eigenvalue weighted by molar-refractivity contribution is -0.136. The Bertz CT molecular complexity index is 532. The molecule has 0 aromatic carbocycles. The number of rotatable bonds is 6. The highest BCUT2D eigenvalue weighted by Crippen LogP contribution is 2.31. The quantitative estimate of drug-likeness (QED) is 0.704. The van der Waals surface area contributed by atoms with Gasteiger partial charge in [-0.3, -0.25) is 9.59 Å². The molecule has 0 radical (unpaired) electrons. The normalized spacial score (nSPS) is 29.9. The summed E-state index contributed by atoms with van der Waals surface area (Å²) >= 11 is 0. The predicted octanol–water partition coefficient (Wildman–Crippen LogP) is 1.01. The van der Waals surface area contributed by atoms with Gasteiger partial charge in [0.15, 0.2) is 9.84 Å². The zero-order chi connectivity index (χ0) is 16.9. The van der Waals surface area contributed by atoms with Gasteiger partial charge in [-0.1, -0.05) is 26.2 Å². The topological polar surface area (TPSA) is 92.3 Å². The van der Waals surface area contributed by atoms with Gasteiger partial charge >= 0.3 is 0 Å². The van der Waals surface area contributed by atoms with Crippen LogP contribution in [0.5, 0.6) is 0 Å². The van der Waals surface area contributed by atoms with E-state index in [1.165, 1.54) is 0 Å². The molecule has 1 aliphatic heterocycles. The van der Waals surface area contributed by atoms with Crippen LogP contribution in [0.1, 0.15) is 51.9 Å². The van der Waals surface area contributed by atoms with Crippen LogP contribution in [0.2, 0.25) is 0 Å². The molecular formula is C16H28N2O4S. The largest absolute Gasteiger partial charge is 0.356 e. The minimum Gasteiger partial charge on any atom is -0.356 e. The first-order valence-electron chi connectivity index (χ1n) is 8.71. The molecular weight excluding hydrogens is 316 g/mol. The monoisotopic (exact) mass is 344 g/mol. The summed E-state index contributed by atoms with van der Waals surface area (Å²) in [4.78, 5) is 24.9. The van der Waals surface area contributed by atoms with Crippen molar-refractivity contribution in [2.75, 3.05) is 18.1 Å². The molecule has 1 saturated carbocycles. The van der Waals surface area contributed by atoms with E-state index in [1.807, 2.05) is 0 Å². The predicted molar refractivity (Wildman–Crippen MR) is 88.6 cm³/mol. The number of sulfone groups is 1. The highest BCUT2D eigenvalue weighted by molar-refractivity contribution is 7.91. The molecule has 1 saturated heterocycles. The molecule has 0 bridgehead atoms. The summed E-state index contributed by atoms with van der Waals surface area (Å²) in [6.07, 6.45) is 5.79. The number of unbranched alkanes of at least 4 members (excludes halogenated alkanes) is 1. The first-order valence-corrected chi connectivity index (χ1v) is 10.5. The first kappa shape index (κ1) is 18.2. The molecule has 2 rings (SSSR count). The molecule has 2 amide bonds. The smallest absolute Gasteiger partial charge is 0.224 e. The Hall–Kier alpha value is -1.11. The lowest BCUT2D eigenvalue weighted by atomic mass is 9.78. The van der Waals surface area contributed by atoms with E-state index in [4.69, 9.17) is 0 Å². The van der Waals surface area contributed by atoms with Crippen molar-refractivity contribution in [1.29, 1.82) is 0 Å². The van der Waals surface area contributed by atoms with Gasteiger partial charge in [0.25, 0.3) is 0 Å². The van der Waals surface area contributed by atoms with Gasteiger partial charge < -0.3 is 10.6 Å². The number of carbonyl (C=O) groups is 2. The van der Waals surface area contributed by atoms with Crippen LogP contribution in [0.15, 0.2) is 0 Å². The van der Waals surface area contributed by atoms with Crippen molar-refractivity contribution in [2.24, 2.45) is 11.8 Å². The van der Waals surface area contributed by atoms with E-state index in [9.17, 15) is 18.0 Å². The van der Waals surface area contributed by atoms with Crippen molar-refractivity contribution >= 4 is 21.7 Å². The standard InChI is InChI=1S/C16H28N2O4S/c1-2-3-9-17-15(19)13-6-4-5-7-14(13)16(20)18-12-8-10-23(21,22)11-12/h12-14H,2-11H2,1H3,(H,17,19)(H,18,20). The first-order chi connectivity index (χ1) is 10.9. The molecule has 0 aromatic heterocycles. The Balaban J connectivity index is 1.92. The molecule has 1 heterocycles. The fourth-order valence-corrected chi connectivity index (χ4v) is 5.17. The Kier molecular flexibility index (Phi) is 6.44. The number of hydrogen-bond acceptors (Lipinski definition) is 4. The molecule has 6 nitrogen and oxygen atoms in total. The van der Waals surface area contributed by atoms with E-state index in [0.717, 1.165) is 32.1 Å². The number of nitrogens with one attached hydrogen (secondary N) is 2. The molecule has 7 heteroatoms. The summed E-state index contributed by atoms with van der Waals surface area (Å²) in [5.74, 6) is -0.616. The zero-order valence-electron chi connectivity index (χ0n) is 13.8. The van der Waals surface area contributed by atoms with Gasteiger partial charge in [-0.2, -0.15) is 0 Å². The van der Waals surface area contributed by atoms with E-state index in [1.54, 1.807) is 0 Å². The Morgan fingerprint density at radius 2 is 1.70 bits per heavy atom. The molecule has 0 aromatic rings. The average molecular weight is 344 g/mol. The maximum atomic E-state index is 12.5. The van der Waals surface area contributed by atoms with Gasteiger partial charge in [-0.15, -0.1) is 0 Å². The van der Waals surface area contributed by atoms with E-state index in [0.29, 0.717) is 19.4 Å². The van der Waals surface area contributed by atoms with Crippen molar-refractivity contribution in [3.8, 4) is 0 Å². The summed E-state index contributed by atoms with van der Waals surface area (Å²) in [6, 6.07) is -0.293. The Morgan fingerprint density at radius 1 is 1.04 bits per heavy atom. The van der Waals surface area contributed by atoms with Gasteiger partial charge in [0.2, 0.25) is 11.8 Å². The Labute approximate surface area is 138 Å². The number of carbonyl (C=O) groups excluding carboxylic acids is 2. The van der Waals surface area contributed by atoms with Crippen LogP contribution in [0.25, 0.3) is 0 Å². The molecule has 2 fully saturated rings. The van der Waals surface area contributed by atoms with E-state index >= 15 is 0 Å². The molecule has 23 heavy (non-hydrogen) atoms. The molecule has 3 unspecified atom stereocenters. The fourth-order valence-electron chi connectivity index (χ4n) is 3.50. The van der Waals surface area contributed by atoms with Crippen LogP contribution in [-0.2, 0) is 19.4 Å². The van der Waals surface area contributed by atoms with Gasteiger partial charge in [0, 0.05) is 24.4 Å². The van der Waals surface area contributed by atoms with Crippen molar-refractivity contribution in [3.63, 3.8) is 0 Å². The maximum Gasteiger partial charge on any atom is 0.224 e. The summed E-state index contributed by atoms with van der Waals surface area (Å²) in [7, 11) is -3.01. The summed E-state index contributed by atoms with van der Waals surface area (Å²) in [5.41, 5.74) is 0. The van der Waals surface area contributed by atoms with Gasteiger partial charge in [-0.25, -0.2) is 8.42 Å². The lowest BCUT2D eigenvalue weighted by Crippen LogP contribution is -2.46. The second-order valence-corrected chi connectivity index (χ2v) is 8.98. The van der Waals surface area contributed by atoms with Crippen LogP contribution >= 0.6 is 0 Å². The SMILES string of the molecule is CCCCNC(=O)C1CCCCC1C(=O)NC1CCS(=O)(=O)C1. The maximum absolute atomic E-state index is 12.5. The molecule has 0 spiro atoms. The molecule has 2 aliphatic rings. The van der Waals surface area contributed by atoms with Gasteiger partial charge in [-0.05, 0) is 25.7 Å². The van der Waals surface area contributed by atoms with E-state index < -0.39 is 9.84 Å². The van der Waals surface area contributed by atoms with Crippen LogP contribution < -0.4 is 10.6 Å². The Morgan fingerprint density at radius 3 is 2.26 bits per heavy atom. The summed E-state index contributed by atoms with van der Waals surface area (Å²) in [6.45, 7) is 2.72. The van der Waals surface area contributed by atoms with Crippen molar-refractivity contribution in [2.45, 2.75) is 57.9 Å². The minimum atomic E-state index is -3.01. The summed E-state index contributed by atoms with van der Waals surface area (Å²) < 4.78 is 23.0. The number of hydrogen-bond donors (Lipinski definition) is 2. The van der Waals surface area contributed by atoms with Crippen molar-refractivity contribution in [3.05, 3.63) is 0 Å². The second kappa shape index (κ2) is 8.13. The third-order valence-electron chi connectivity index (χ3n) is 4.85. The van der Waals surface area contributed by atoms with Crippen LogP contribution in [0.3, 0.4) is 0 Å². The molecule has 1 aliphatic carbocycles. The number of amides is 2. The third kappa shape index (κ3) is 5.19. The van der Waals surface area contributed by atoms with Crippen molar-refractivity contribution < 1.29 is 18.0 Å². The highest BCUT2D eigenvalue weighted by Gasteiger charge is 2.37. The van der Waals surface area contributed by atoms with Crippen LogP contribution in [0, 0.1) is 11.8 Å². The molecule has 3 atom stereocenters. The average Bonchev–Trinajstić information content (AvgIpc) is 2.86. The lowest BCUT2D eigenvalue weighted by Gasteiger charge is -2.30. The van der Waals surface area contributed by atoms with Crippen molar-refractivity contribution in [1.82, 2.24) is 10.6 Å². The van der Waals surface area contributed by atoms with Crippen LogP contribution in [0.4, 0.5) is 0 Å². The second-order valence-electron chi connectivity index (χ2n) is 6.75.